The smallest absolute Gasteiger partial charge is 0.303 e. The van der Waals surface area contributed by atoms with Gasteiger partial charge in [-0.05, 0) is 44.9 Å². The highest BCUT2D eigenvalue weighted by Crippen LogP contribution is 2.34. The van der Waals surface area contributed by atoms with Gasteiger partial charge in [-0.2, -0.15) is 0 Å². The number of aryl methyl sites for hydroxylation is 1. The number of thioether (sulfide) groups is 1. The lowest BCUT2D eigenvalue weighted by Crippen LogP contribution is -2.46. The number of hydrogen-bond acceptors (Lipinski definition) is 8. The molecule has 2 aliphatic heterocycles. The average Bonchev–Trinajstić information content (AvgIpc) is 3.02. The van der Waals surface area contributed by atoms with Crippen molar-refractivity contribution in [3.8, 4) is 0 Å². The average molecular weight is 503 g/mol. The maximum absolute atomic E-state index is 13.6. The number of carbonyl (C=O) groups excluding carboxylic acids is 1. The third kappa shape index (κ3) is 4.86. The fourth-order valence-corrected chi connectivity index (χ4v) is 5.52. The molecule has 2 saturated heterocycles. The molecule has 2 atom stereocenters. The SMILES string of the molecule is Cc1cccn2c(=O)c(/C=C3\SC(=S)N(CCCC(=O)O)C3=O)c(N3C[C@@H](C)O[C@@H](C)C3)nc12. The number of morpholine rings is 1. The number of rotatable bonds is 6. The predicted molar refractivity (Wildman–Crippen MR) is 135 cm³/mol. The Labute approximate surface area is 206 Å². The highest BCUT2D eigenvalue weighted by atomic mass is 32.2. The highest BCUT2D eigenvalue weighted by molar-refractivity contribution is 8.26. The van der Waals surface area contributed by atoms with Crippen molar-refractivity contribution in [1.29, 1.82) is 0 Å². The summed E-state index contributed by atoms with van der Waals surface area (Å²) in [5, 5.41) is 8.88. The number of amides is 1. The van der Waals surface area contributed by atoms with Gasteiger partial charge in [-0.1, -0.05) is 30.0 Å². The summed E-state index contributed by atoms with van der Waals surface area (Å²) in [6.45, 7) is 7.20. The second kappa shape index (κ2) is 9.85. The molecule has 0 aliphatic carbocycles. The van der Waals surface area contributed by atoms with E-state index in [1.165, 1.54) is 9.30 Å². The number of nitrogens with zero attached hydrogens (tertiary/aromatic N) is 4. The van der Waals surface area contributed by atoms with Crippen LogP contribution in [0.5, 0.6) is 0 Å². The molecule has 4 heterocycles. The van der Waals surface area contributed by atoms with E-state index in [0.29, 0.717) is 45.8 Å². The lowest BCUT2D eigenvalue weighted by atomic mass is 10.1. The zero-order valence-electron chi connectivity index (χ0n) is 19.2. The molecule has 2 aliphatic rings. The van der Waals surface area contributed by atoms with Gasteiger partial charge in [0.2, 0.25) is 0 Å². The van der Waals surface area contributed by atoms with Crippen molar-refractivity contribution in [2.45, 2.75) is 45.8 Å². The van der Waals surface area contributed by atoms with Crippen LogP contribution in [0.25, 0.3) is 11.7 Å². The van der Waals surface area contributed by atoms with Gasteiger partial charge >= 0.3 is 5.97 Å². The van der Waals surface area contributed by atoms with Gasteiger partial charge in [-0.25, -0.2) is 4.98 Å². The number of fused-ring (bicyclic) bond motifs is 1. The number of carbonyl (C=O) groups is 2. The third-order valence-electron chi connectivity index (χ3n) is 5.70. The van der Waals surface area contributed by atoms with Crippen LogP contribution >= 0.6 is 24.0 Å². The molecule has 0 saturated carbocycles. The molecule has 180 valence electrons. The molecule has 0 spiro atoms. The van der Waals surface area contributed by atoms with Crippen molar-refractivity contribution < 1.29 is 19.4 Å². The van der Waals surface area contributed by atoms with Gasteiger partial charge in [0.05, 0.1) is 22.7 Å². The van der Waals surface area contributed by atoms with Crippen LogP contribution in [0.2, 0.25) is 0 Å². The molecule has 0 aromatic carbocycles. The van der Waals surface area contributed by atoms with Gasteiger partial charge in [0.15, 0.2) is 0 Å². The summed E-state index contributed by atoms with van der Waals surface area (Å²) in [6.07, 6.45) is 3.40. The van der Waals surface area contributed by atoms with Crippen LogP contribution in [-0.2, 0) is 14.3 Å². The molecule has 1 N–H and O–H groups in total. The Bertz CT molecular complexity index is 1250. The Morgan fingerprint density at radius 2 is 2.03 bits per heavy atom. The van der Waals surface area contributed by atoms with Gasteiger partial charge in [-0.15, -0.1) is 0 Å². The molecule has 0 bridgehead atoms. The van der Waals surface area contributed by atoms with E-state index in [2.05, 4.69) is 0 Å². The Kier molecular flexibility index (Phi) is 7.06. The minimum absolute atomic E-state index is 0.0406. The standard InChI is InChI=1S/C23H26N4O5S2/c1-13-6-4-8-26-19(13)24-20(25-11-14(2)32-15(3)12-25)16(21(26)30)10-17-22(31)27(23(33)34-17)9-5-7-18(28)29/h4,6,8,10,14-15H,5,7,9,11-12H2,1-3H3,(H,28,29)/b17-10-/t14-,15+. The normalized spacial score (nSPS) is 22.3. The number of hydrogen-bond donors (Lipinski definition) is 1. The molecule has 11 heteroatoms. The van der Waals surface area contributed by atoms with Gasteiger partial charge in [0.25, 0.3) is 11.5 Å². The van der Waals surface area contributed by atoms with E-state index in [1.54, 1.807) is 18.3 Å². The highest BCUT2D eigenvalue weighted by Gasteiger charge is 2.33. The quantitative estimate of drug-likeness (QED) is 0.471. The maximum Gasteiger partial charge on any atom is 0.303 e. The van der Waals surface area contributed by atoms with Crippen LogP contribution in [0.3, 0.4) is 0 Å². The first kappa shape index (κ1) is 24.4. The number of carboxylic acids is 1. The number of carboxylic acid groups (broad SMARTS) is 1. The molecule has 2 fully saturated rings. The minimum Gasteiger partial charge on any atom is -0.481 e. The van der Waals surface area contributed by atoms with E-state index < -0.39 is 5.97 Å². The van der Waals surface area contributed by atoms with Crippen molar-refractivity contribution in [2.75, 3.05) is 24.5 Å². The second-order valence-corrected chi connectivity index (χ2v) is 10.2. The fourth-order valence-electron chi connectivity index (χ4n) is 4.23. The monoisotopic (exact) mass is 502 g/mol. The Morgan fingerprint density at radius 3 is 2.71 bits per heavy atom. The van der Waals surface area contributed by atoms with Crippen LogP contribution in [0.15, 0.2) is 28.0 Å². The summed E-state index contributed by atoms with van der Waals surface area (Å²) in [4.78, 5) is 46.1. The van der Waals surface area contributed by atoms with Crippen LogP contribution in [0.1, 0.15) is 37.8 Å². The Balaban J connectivity index is 1.78. The summed E-state index contributed by atoms with van der Waals surface area (Å²) >= 11 is 6.47. The molecule has 1 amide bonds. The molecular weight excluding hydrogens is 476 g/mol. The molecule has 2 aromatic rings. The zero-order valence-corrected chi connectivity index (χ0v) is 20.8. The Morgan fingerprint density at radius 1 is 1.32 bits per heavy atom. The van der Waals surface area contributed by atoms with E-state index in [-0.39, 0.29) is 36.6 Å². The molecule has 0 radical (unpaired) electrons. The first-order valence-electron chi connectivity index (χ1n) is 11.0. The van der Waals surface area contributed by atoms with Crippen molar-refractivity contribution in [3.05, 3.63) is 44.7 Å². The lowest BCUT2D eigenvalue weighted by molar-refractivity contribution is -0.137. The molecule has 4 rings (SSSR count). The largest absolute Gasteiger partial charge is 0.481 e. The van der Waals surface area contributed by atoms with Crippen molar-refractivity contribution in [3.63, 3.8) is 0 Å². The molecule has 34 heavy (non-hydrogen) atoms. The number of pyridine rings is 1. The van der Waals surface area contributed by atoms with Gasteiger partial charge in [-0.3, -0.25) is 23.7 Å². The lowest BCUT2D eigenvalue weighted by Gasteiger charge is -2.36. The Hall–Kier alpha value is -2.76. The zero-order chi connectivity index (χ0) is 24.6. The third-order valence-corrected chi connectivity index (χ3v) is 7.08. The number of aromatic nitrogens is 2. The number of thiocarbonyl (C=S) groups is 1. The first-order valence-corrected chi connectivity index (χ1v) is 12.3. The maximum atomic E-state index is 13.6. The van der Waals surface area contributed by atoms with Gasteiger partial charge in [0, 0.05) is 32.3 Å². The number of anilines is 1. The van der Waals surface area contributed by atoms with E-state index in [1.807, 2.05) is 31.7 Å². The van der Waals surface area contributed by atoms with Crippen LogP contribution < -0.4 is 10.5 Å². The molecular formula is C23H26N4O5S2. The summed E-state index contributed by atoms with van der Waals surface area (Å²) in [7, 11) is 0. The fraction of sp³-hybridized carbons (Fsp3) is 0.435. The van der Waals surface area contributed by atoms with Gasteiger partial charge < -0.3 is 14.7 Å². The minimum atomic E-state index is -0.926. The molecule has 0 unspecified atom stereocenters. The van der Waals surface area contributed by atoms with Crippen molar-refractivity contribution in [1.82, 2.24) is 14.3 Å². The summed E-state index contributed by atoms with van der Waals surface area (Å²) in [5.41, 5.74) is 1.47. The number of ether oxygens (including phenoxy) is 1. The van der Waals surface area contributed by atoms with E-state index in [9.17, 15) is 14.4 Å². The van der Waals surface area contributed by atoms with Crippen molar-refractivity contribution >= 4 is 57.7 Å². The van der Waals surface area contributed by atoms with Crippen LogP contribution in [-0.4, -0.2) is 67.4 Å². The van der Waals surface area contributed by atoms with Gasteiger partial charge in [0.1, 0.15) is 15.8 Å². The van der Waals surface area contributed by atoms with E-state index >= 15 is 0 Å². The van der Waals surface area contributed by atoms with Crippen LogP contribution in [0, 0.1) is 6.92 Å². The summed E-state index contributed by atoms with van der Waals surface area (Å²) in [6, 6.07) is 3.69. The first-order chi connectivity index (χ1) is 16.2. The summed E-state index contributed by atoms with van der Waals surface area (Å²) in [5.74, 6) is -0.744. The molecule has 2 aromatic heterocycles. The summed E-state index contributed by atoms with van der Waals surface area (Å²) < 4.78 is 7.70. The van der Waals surface area contributed by atoms with Crippen LogP contribution in [0.4, 0.5) is 5.82 Å². The molecule has 9 nitrogen and oxygen atoms in total. The van der Waals surface area contributed by atoms with E-state index in [0.717, 1.165) is 17.3 Å². The predicted octanol–water partition coefficient (Wildman–Crippen LogP) is 2.68. The second-order valence-electron chi connectivity index (χ2n) is 8.53. The number of aliphatic carboxylic acids is 1. The van der Waals surface area contributed by atoms with E-state index in [4.69, 9.17) is 27.0 Å². The topological polar surface area (TPSA) is 104 Å². The van der Waals surface area contributed by atoms with Crippen molar-refractivity contribution in [2.24, 2.45) is 0 Å².